The minimum Gasteiger partial charge on any atom is -0.368 e. The van der Waals surface area contributed by atoms with Gasteiger partial charge in [-0.2, -0.15) is 0 Å². The molecule has 1 aromatic rings. The first-order chi connectivity index (χ1) is 8.88. The molecule has 0 saturated heterocycles. The second kappa shape index (κ2) is 7.14. The van der Waals surface area contributed by atoms with Gasteiger partial charge in [-0.15, -0.1) is 0 Å². The molecule has 0 aliphatic heterocycles. The lowest BCUT2D eigenvalue weighted by Crippen LogP contribution is -2.46. The fraction of sp³-hybridized carbons (Fsp3) is 0.429. The lowest BCUT2D eigenvalue weighted by Gasteiger charge is -2.16. The highest BCUT2D eigenvalue weighted by molar-refractivity contribution is 6.30. The van der Waals surface area contributed by atoms with Crippen molar-refractivity contribution in [3.8, 4) is 0 Å². The molecule has 0 fully saturated rings. The molecular weight excluding hydrogens is 264 g/mol. The summed E-state index contributed by atoms with van der Waals surface area (Å²) in [6.45, 7) is 3.89. The van der Waals surface area contributed by atoms with Gasteiger partial charge in [-0.25, -0.2) is 0 Å². The molecule has 0 aliphatic rings. The maximum atomic E-state index is 11.7. The first-order valence-electron chi connectivity index (χ1n) is 6.21. The third-order valence-electron chi connectivity index (χ3n) is 2.63. The predicted octanol–water partition coefficient (Wildman–Crippen LogP) is 1.90. The van der Waals surface area contributed by atoms with Crippen LogP contribution in [0.1, 0.15) is 25.8 Å². The Bertz CT molecular complexity index is 443. The zero-order valence-electron chi connectivity index (χ0n) is 11.2. The number of rotatable bonds is 6. The first kappa shape index (κ1) is 15.5. The highest BCUT2D eigenvalue weighted by Crippen LogP contribution is 2.11. The number of benzene rings is 1. The second-order valence-corrected chi connectivity index (χ2v) is 5.39. The average molecular weight is 283 g/mol. The highest BCUT2D eigenvalue weighted by atomic mass is 35.5. The van der Waals surface area contributed by atoms with Crippen molar-refractivity contribution in [1.82, 2.24) is 5.32 Å². The van der Waals surface area contributed by atoms with Crippen molar-refractivity contribution in [1.29, 1.82) is 0 Å². The first-order valence-corrected chi connectivity index (χ1v) is 6.59. The van der Waals surface area contributed by atoms with Gasteiger partial charge in [0.25, 0.3) is 0 Å². The Morgan fingerprint density at radius 1 is 1.26 bits per heavy atom. The molecular formula is C14H19ClN2O2. The Morgan fingerprint density at radius 3 is 2.32 bits per heavy atom. The summed E-state index contributed by atoms with van der Waals surface area (Å²) < 4.78 is 0. The molecule has 104 valence electrons. The summed E-state index contributed by atoms with van der Waals surface area (Å²) in [6, 6.07) is 6.42. The zero-order valence-corrected chi connectivity index (χ0v) is 11.9. The number of nitrogens with two attached hydrogens (primary N) is 1. The van der Waals surface area contributed by atoms with Crippen LogP contribution in [0.5, 0.6) is 0 Å². The molecule has 0 heterocycles. The van der Waals surface area contributed by atoms with E-state index in [1.54, 1.807) is 12.1 Å². The van der Waals surface area contributed by atoms with Gasteiger partial charge in [0.2, 0.25) is 11.8 Å². The van der Waals surface area contributed by atoms with E-state index in [0.29, 0.717) is 17.9 Å². The summed E-state index contributed by atoms with van der Waals surface area (Å²) in [5, 5.41) is 3.29. The largest absolute Gasteiger partial charge is 0.368 e. The zero-order chi connectivity index (χ0) is 14.4. The van der Waals surface area contributed by atoms with Gasteiger partial charge in [-0.3, -0.25) is 9.59 Å². The molecule has 1 atom stereocenters. The maximum absolute atomic E-state index is 11.7. The number of hydrogen-bond donors (Lipinski definition) is 2. The van der Waals surface area contributed by atoms with Crippen LogP contribution >= 0.6 is 11.6 Å². The third-order valence-corrected chi connectivity index (χ3v) is 2.88. The smallest absolute Gasteiger partial charge is 0.240 e. The van der Waals surface area contributed by atoms with Gasteiger partial charge in [0.1, 0.15) is 6.04 Å². The minimum absolute atomic E-state index is 0.159. The van der Waals surface area contributed by atoms with Crippen LogP contribution in [0.15, 0.2) is 24.3 Å². The van der Waals surface area contributed by atoms with Crippen molar-refractivity contribution < 1.29 is 9.59 Å². The van der Waals surface area contributed by atoms with Gasteiger partial charge < -0.3 is 11.1 Å². The Kier molecular flexibility index (Phi) is 5.83. The Morgan fingerprint density at radius 2 is 1.84 bits per heavy atom. The van der Waals surface area contributed by atoms with Crippen LogP contribution in [0.25, 0.3) is 0 Å². The van der Waals surface area contributed by atoms with Crippen LogP contribution in [-0.2, 0) is 16.0 Å². The second-order valence-electron chi connectivity index (χ2n) is 4.95. The molecule has 0 bridgehead atoms. The van der Waals surface area contributed by atoms with Gasteiger partial charge in [0, 0.05) is 17.9 Å². The van der Waals surface area contributed by atoms with E-state index < -0.39 is 11.9 Å². The molecule has 0 spiro atoms. The van der Waals surface area contributed by atoms with E-state index in [-0.39, 0.29) is 11.8 Å². The lowest BCUT2D eigenvalue weighted by atomic mass is 10.0. The SMILES string of the molecule is CC(C)CC(=O)N[C@H](Cc1ccc(Cl)cc1)C(N)=O. The number of halogens is 1. The van der Waals surface area contributed by atoms with E-state index in [9.17, 15) is 9.59 Å². The van der Waals surface area contributed by atoms with E-state index in [0.717, 1.165) is 5.56 Å². The number of primary amides is 1. The van der Waals surface area contributed by atoms with Crippen LogP contribution in [0.4, 0.5) is 0 Å². The summed E-state index contributed by atoms with van der Waals surface area (Å²) in [7, 11) is 0. The van der Waals surface area contributed by atoms with E-state index >= 15 is 0 Å². The van der Waals surface area contributed by atoms with Crippen molar-refractivity contribution in [2.45, 2.75) is 32.7 Å². The molecule has 3 N–H and O–H groups in total. The molecule has 2 amide bonds. The summed E-state index contributed by atoms with van der Waals surface area (Å²) in [4.78, 5) is 23.0. The molecule has 19 heavy (non-hydrogen) atoms. The third kappa shape index (κ3) is 5.75. The quantitative estimate of drug-likeness (QED) is 0.836. The molecule has 0 saturated carbocycles. The van der Waals surface area contributed by atoms with Crippen LogP contribution in [-0.4, -0.2) is 17.9 Å². The topological polar surface area (TPSA) is 72.2 Å². The molecule has 0 aromatic heterocycles. The predicted molar refractivity (Wildman–Crippen MR) is 75.7 cm³/mol. The van der Waals surface area contributed by atoms with Crippen LogP contribution in [0, 0.1) is 5.92 Å². The molecule has 0 unspecified atom stereocenters. The van der Waals surface area contributed by atoms with E-state index in [1.807, 2.05) is 26.0 Å². The molecule has 5 heteroatoms. The average Bonchev–Trinajstić information content (AvgIpc) is 2.29. The number of hydrogen-bond acceptors (Lipinski definition) is 2. The number of amides is 2. The molecule has 0 aliphatic carbocycles. The van der Waals surface area contributed by atoms with Crippen LogP contribution < -0.4 is 11.1 Å². The molecule has 4 nitrogen and oxygen atoms in total. The van der Waals surface area contributed by atoms with E-state index in [2.05, 4.69) is 5.32 Å². The fourth-order valence-corrected chi connectivity index (χ4v) is 1.83. The van der Waals surface area contributed by atoms with Crippen molar-refractivity contribution in [2.75, 3.05) is 0 Å². The normalized spacial score (nSPS) is 12.2. The van der Waals surface area contributed by atoms with Gasteiger partial charge in [-0.05, 0) is 23.6 Å². The summed E-state index contributed by atoms with van der Waals surface area (Å²) >= 11 is 5.79. The van der Waals surface area contributed by atoms with E-state index in [1.165, 1.54) is 0 Å². The minimum atomic E-state index is -0.688. The summed E-state index contributed by atoms with van der Waals surface area (Å²) in [5.41, 5.74) is 6.21. The van der Waals surface area contributed by atoms with Crippen LogP contribution in [0.2, 0.25) is 5.02 Å². The van der Waals surface area contributed by atoms with Crippen molar-refractivity contribution in [3.63, 3.8) is 0 Å². The number of carbonyl (C=O) groups excluding carboxylic acids is 2. The lowest BCUT2D eigenvalue weighted by molar-refractivity contribution is -0.127. The van der Waals surface area contributed by atoms with Crippen LogP contribution in [0.3, 0.4) is 0 Å². The molecule has 1 aromatic carbocycles. The Hall–Kier alpha value is -1.55. The standard InChI is InChI=1S/C14H19ClN2O2/c1-9(2)7-13(18)17-12(14(16)19)8-10-3-5-11(15)6-4-10/h3-6,9,12H,7-8H2,1-2H3,(H2,16,19)(H,17,18)/t12-/m1/s1. The Labute approximate surface area is 118 Å². The number of nitrogens with one attached hydrogen (secondary N) is 1. The van der Waals surface area contributed by atoms with Gasteiger partial charge in [0.15, 0.2) is 0 Å². The molecule has 0 radical (unpaired) electrons. The summed E-state index contributed by atoms with van der Waals surface area (Å²) in [5.74, 6) is -0.455. The van der Waals surface area contributed by atoms with Gasteiger partial charge >= 0.3 is 0 Å². The Balaban J connectivity index is 2.65. The molecule has 1 rings (SSSR count). The van der Waals surface area contributed by atoms with Gasteiger partial charge in [0.05, 0.1) is 0 Å². The highest BCUT2D eigenvalue weighted by Gasteiger charge is 2.18. The number of carbonyl (C=O) groups is 2. The van der Waals surface area contributed by atoms with Gasteiger partial charge in [-0.1, -0.05) is 37.6 Å². The van der Waals surface area contributed by atoms with Crippen molar-refractivity contribution >= 4 is 23.4 Å². The van der Waals surface area contributed by atoms with Crippen molar-refractivity contribution in [3.05, 3.63) is 34.9 Å². The van der Waals surface area contributed by atoms with E-state index in [4.69, 9.17) is 17.3 Å². The maximum Gasteiger partial charge on any atom is 0.240 e. The monoisotopic (exact) mass is 282 g/mol. The summed E-state index contributed by atoms with van der Waals surface area (Å²) in [6.07, 6.45) is 0.751. The van der Waals surface area contributed by atoms with Crippen molar-refractivity contribution in [2.24, 2.45) is 11.7 Å². The fourth-order valence-electron chi connectivity index (χ4n) is 1.70.